The molecule has 4 nitrogen and oxygen atoms in total. The van der Waals surface area contributed by atoms with E-state index in [-0.39, 0.29) is 23.5 Å². The van der Waals surface area contributed by atoms with Crippen molar-refractivity contribution in [1.82, 2.24) is 9.97 Å². The van der Waals surface area contributed by atoms with Crippen LogP contribution < -0.4 is 4.90 Å². The number of benzene rings is 1. The summed E-state index contributed by atoms with van der Waals surface area (Å²) < 4.78 is 28.0. The molecule has 1 aliphatic heterocycles. The van der Waals surface area contributed by atoms with Crippen LogP contribution in [0.2, 0.25) is 0 Å². The second-order valence-electron chi connectivity index (χ2n) is 6.20. The van der Waals surface area contributed by atoms with Gasteiger partial charge in [-0.3, -0.25) is 14.8 Å². The number of pyridine rings is 2. The SMILES string of the molecule is Cc1c(F)ccc(-c2cnc3c(c2)N(Cc2ccccn2)C(=O)C3)c1F. The lowest BCUT2D eigenvalue weighted by Gasteiger charge is -2.17. The number of carbonyl (C=O) groups excluding carboxylic acids is 1. The Morgan fingerprint density at radius 1 is 1.15 bits per heavy atom. The molecule has 0 bridgehead atoms. The number of hydrogen-bond acceptors (Lipinski definition) is 3. The second-order valence-corrected chi connectivity index (χ2v) is 6.20. The molecule has 0 unspecified atom stereocenters. The molecule has 0 N–H and O–H groups in total. The summed E-state index contributed by atoms with van der Waals surface area (Å²) in [5.41, 5.74) is 2.77. The van der Waals surface area contributed by atoms with Gasteiger partial charge >= 0.3 is 0 Å². The van der Waals surface area contributed by atoms with Gasteiger partial charge in [0.15, 0.2) is 0 Å². The Kier molecular flexibility index (Phi) is 3.95. The van der Waals surface area contributed by atoms with E-state index in [1.54, 1.807) is 17.2 Å². The largest absolute Gasteiger partial charge is 0.304 e. The Hall–Kier alpha value is -3.15. The maximum atomic E-state index is 14.5. The highest BCUT2D eigenvalue weighted by Gasteiger charge is 2.29. The van der Waals surface area contributed by atoms with Crippen molar-refractivity contribution in [3.05, 3.63) is 77.4 Å². The van der Waals surface area contributed by atoms with Crippen LogP contribution in [0.3, 0.4) is 0 Å². The first-order valence-electron chi connectivity index (χ1n) is 8.19. The van der Waals surface area contributed by atoms with E-state index in [4.69, 9.17) is 0 Å². The van der Waals surface area contributed by atoms with Crippen LogP contribution in [-0.4, -0.2) is 15.9 Å². The summed E-state index contributed by atoms with van der Waals surface area (Å²) in [7, 11) is 0. The molecular weight excluding hydrogens is 336 g/mol. The van der Waals surface area contributed by atoms with E-state index in [2.05, 4.69) is 9.97 Å². The summed E-state index contributed by atoms with van der Waals surface area (Å²) in [6.07, 6.45) is 3.39. The number of nitrogens with zero attached hydrogens (tertiary/aromatic N) is 3. The highest BCUT2D eigenvalue weighted by Crippen LogP contribution is 2.34. The lowest BCUT2D eigenvalue weighted by Crippen LogP contribution is -2.26. The lowest BCUT2D eigenvalue weighted by molar-refractivity contribution is -0.117. The third kappa shape index (κ3) is 2.73. The van der Waals surface area contributed by atoms with E-state index < -0.39 is 11.6 Å². The Morgan fingerprint density at radius 2 is 2.00 bits per heavy atom. The van der Waals surface area contributed by atoms with Gasteiger partial charge in [-0.15, -0.1) is 0 Å². The molecule has 3 aromatic rings. The summed E-state index contributed by atoms with van der Waals surface area (Å²) >= 11 is 0. The van der Waals surface area contributed by atoms with Crippen molar-refractivity contribution in [1.29, 1.82) is 0 Å². The number of anilines is 1. The van der Waals surface area contributed by atoms with Gasteiger partial charge in [-0.25, -0.2) is 8.78 Å². The van der Waals surface area contributed by atoms with Crippen molar-refractivity contribution in [3.63, 3.8) is 0 Å². The van der Waals surface area contributed by atoms with Gasteiger partial charge in [-0.05, 0) is 37.3 Å². The van der Waals surface area contributed by atoms with E-state index in [0.717, 1.165) is 5.69 Å². The highest BCUT2D eigenvalue weighted by atomic mass is 19.1. The van der Waals surface area contributed by atoms with Crippen molar-refractivity contribution in [2.75, 3.05) is 4.90 Å². The first-order valence-corrected chi connectivity index (χ1v) is 8.19. The Labute approximate surface area is 149 Å². The van der Waals surface area contributed by atoms with Crippen LogP contribution in [0.25, 0.3) is 11.1 Å². The molecule has 0 saturated carbocycles. The molecular formula is C20H15F2N3O. The van der Waals surface area contributed by atoms with Crippen LogP contribution in [0.5, 0.6) is 0 Å². The van der Waals surface area contributed by atoms with Crippen molar-refractivity contribution >= 4 is 11.6 Å². The lowest BCUT2D eigenvalue weighted by atomic mass is 10.0. The van der Waals surface area contributed by atoms with Gasteiger partial charge in [-0.1, -0.05) is 6.07 Å². The number of halogens is 2. The summed E-state index contributed by atoms with van der Waals surface area (Å²) in [5.74, 6) is -1.29. The van der Waals surface area contributed by atoms with E-state index >= 15 is 0 Å². The number of carbonyl (C=O) groups is 1. The third-order valence-electron chi connectivity index (χ3n) is 4.54. The Balaban J connectivity index is 1.75. The molecule has 2 aromatic heterocycles. The van der Waals surface area contributed by atoms with Gasteiger partial charge in [0, 0.05) is 29.1 Å². The number of rotatable bonds is 3. The molecule has 6 heteroatoms. The van der Waals surface area contributed by atoms with Crippen LogP contribution in [-0.2, 0) is 17.8 Å². The van der Waals surface area contributed by atoms with Gasteiger partial charge in [0.25, 0.3) is 0 Å². The topological polar surface area (TPSA) is 46.1 Å². The minimum Gasteiger partial charge on any atom is -0.304 e. The molecule has 0 aliphatic carbocycles. The fourth-order valence-corrected chi connectivity index (χ4v) is 3.08. The monoisotopic (exact) mass is 351 g/mol. The number of amides is 1. The number of aromatic nitrogens is 2. The Morgan fingerprint density at radius 3 is 2.77 bits per heavy atom. The molecule has 1 aliphatic rings. The maximum Gasteiger partial charge on any atom is 0.233 e. The molecule has 0 fully saturated rings. The molecule has 0 radical (unpaired) electrons. The summed E-state index contributed by atoms with van der Waals surface area (Å²) in [6.45, 7) is 1.72. The standard InChI is InChI=1S/C20H15F2N3O/c1-12-16(21)6-5-15(20(12)22)13-8-18-17(24-10-13)9-19(26)25(18)11-14-4-2-3-7-23-14/h2-8,10H,9,11H2,1H3. The first-order chi connectivity index (χ1) is 12.5. The zero-order valence-electron chi connectivity index (χ0n) is 14.0. The summed E-state index contributed by atoms with van der Waals surface area (Å²) in [4.78, 5) is 22.6. The van der Waals surface area contributed by atoms with Crippen molar-refractivity contribution in [3.8, 4) is 11.1 Å². The molecule has 1 amide bonds. The molecule has 0 saturated heterocycles. The van der Waals surface area contributed by atoms with Crippen LogP contribution in [0, 0.1) is 18.6 Å². The first kappa shape index (κ1) is 16.3. The Bertz CT molecular complexity index is 1010. The second kappa shape index (κ2) is 6.29. The fourth-order valence-electron chi connectivity index (χ4n) is 3.08. The quantitative estimate of drug-likeness (QED) is 0.721. The van der Waals surface area contributed by atoms with Crippen LogP contribution >= 0.6 is 0 Å². The molecule has 130 valence electrons. The van der Waals surface area contributed by atoms with Gasteiger partial charge in [0.2, 0.25) is 5.91 Å². The van der Waals surface area contributed by atoms with Gasteiger partial charge < -0.3 is 4.90 Å². The van der Waals surface area contributed by atoms with Gasteiger partial charge in [-0.2, -0.15) is 0 Å². The smallest absolute Gasteiger partial charge is 0.233 e. The van der Waals surface area contributed by atoms with Crippen molar-refractivity contribution in [2.45, 2.75) is 19.9 Å². The van der Waals surface area contributed by atoms with E-state index in [1.807, 2.05) is 18.2 Å². The average Bonchev–Trinajstić information content (AvgIpc) is 2.96. The molecule has 1 aromatic carbocycles. The van der Waals surface area contributed by atoms with Crippen LogP contribution in [0.1, 0.15) is 17.0 Å². The van der Waals surface area contributed by atoms with E-state index in [9.17, 15) is 13.6 Å². The maximum absolute atomic E-state index is 14.5. The predicted molar refractivity (Wildman–Crippen MR) is 93.5 cm³/mol. The zero-order chi connectivity index (χ0) is 18.3. The molecule has 0 atom stereocenters. The summed E-state index contributed by atoms with van der Waals surface area (Å²) in [6, 6.07) is 9.86. The van der Waals surface area contributed by atoms with Crippen LogP contribution in [0.4, 0.5) is 14.5 Å². The molecule has 0 spiro atoms. The number of fused-ring (bicyclic) bond motifs is 1. The minimum atomic E-state index is -0.618. The highest BCUT2D eigenvalue weighted by molar-refractivity contribution is 6.01. The van der Waals surface area contributed by atoms with Crippen molar-refractivity contribution < 1.29 is 13.6 Å². The molecule has 4 rings (SSSR count). The third-order valence-corrected chi connectivity index (χ3v) is 4.54. The predicted octanol–water partition coefficient (Wildman–Crippen LogP) is 3.82. The van der Waals surface area contributed by atoms with Gasteiger partial charge in [0.05, 0.1) is 30.0 Å². The summed E-state index contributed by atoms with van der Waals surface area (Å²) in [5, 5.41) is 0. The van der Waals surface area contributed by atoms with Crippen molar-refractivity contribution in [2.24, 2.45) is 0 Å². The molecule has 3 heterocycles. The zero-order valence-corrected chi connectivity index (χ0v) is 14.0. The van der Waals surface area contributed by atoms with Crippen LogP contribution in [0.15, 0.2) is 48.8 Å². The average molecular weight is 351 g/mol. The fraction of sp³-hybridized carbons (Fsp3) is 0.150. The van der Waals surface area contributed by atoms with E-state index in [0.29, 0.717) is 23.5 Å². The normalized spacial score (nSPS) is 13.2. The number of hydrogen-bond donors (Lipinski definition) is 0. The van der Waals surface area contributed by atoms with E-state index in [1.165, 1.54) is 25.3 Å². The molecule has 26 heavy (non-hydrogen) atoms. The van der Waals surface area contributed by atoms with Gasteiger partial charge in [0.1, 0.15) is 11.6 Å². The minimum absolute atomic E-state index is 0.0376.